The Morgan fingerprint density at radius 1 is 1.43 bits per heavy atom. The van der Waals surface area contributed by atoms with E-state index >= 15 is 0 Å². The van der Waals surface area contributed by atoms with E-state index in [2.05, 4.69) is 19.2 Å². The van der Waals surface area contributed by atoms with Gasteiger partial charge < -0.3 is 10.4 Å². The van der Waals surface area contributed by atoms with Crippen LogP contribution in [0.5, 0.6) is 0 Å². The lowest BCUT2D eigenvalue weighted by Gasteiger charge is -2.19. The average molecular weight is 219 g/mol. The normalized spacial score (nSPS) is 14.4. The van der Waals surface area contributed by atoms with E-state index in [0.717, 1.165) is 13.0 Å². The van der Waals surface area contributed by atoms with E-state index in [-0.39, 0.29) is 0 Å². The zero-order valence-electron chi connectivity index (χ0n) is 9.97. The van der Waals surface area contributed by atoms with Crippen LogP contribution in [0.1, 0.15) is 40.5 Å². The Labute approximate surface area is 92.9 Å². The predicted octanol–water partition coefficient (Wildman–Crippen LogP) is 2.27. The maximum atomic E-state index is 9.50. The fourth-order valence-corrected chi connectivity index (χ4v) is 1.94. The molecule has 0 aromatic rings. The highest BCUT2D eigenvalue weighted by molar-refractivity contribution is 7.99. The van der Waals surface area contributed by atoms with Crippen LogP contribution in [-0.2, 0) is 0 Å². The van der Waals surface area contributed by atoms with Gasteiger partial charge in [0.25, 0.3) is 0 Å². The summed E-state index contributed by atoms with van der Waals surface area (Å²) in [5, 5.41) is 12.9. The second-order valence-corrected chi connectivity index (χ2v) is 5.80. The van der Waals surface area contributed by atoms with Gasteiger partial charge in [0.05, 0.1) is 5.60 Å². The molecule has 0 spiro atoms. The minimum atomic E-state index is -0.537. The fourth-order valence-electron chi connectivity index (χ4n) is 1.13. The Morgan fingerprint density at radius 3 is 2.57 bits per heavy atom. The first-order valence-electron chi connectivity index (χ1n) is 5.49. The van der Waals surface area contributed by atoms with Gasteiger partial charge in [0.15, 0.2) is 0 Å². The molecule has 0 aromatic carbocycles. The highest BCUT2D eigenvalue weighted by Gasteiger charge is 2.11. The van der Waals surface area contributed by atoms with Crippen LogP contribution >= 0.6 is 11.8 Å². The molecule has 0 heterocycles. The minimum absolute atomic E-state index is 0.537. The third-order valence-corrected chi connectivity index (χ3v) is 3.06. The molecule has 0 aliphatic heterocycles. The van der Waals surface area contributed by atoms with Crippen LogP contribution in [0.15, 0.2) is 0 Å². The molecule has 2 N–H and O–H groups in total. The van der Waals surface area contributed by atoms with E-state index in [1.807, 2.05) is 25.6 Å². The molecule has 0 aliphatic carbocycles. The molecular formula is C11H25NOS. The molecule has 14 heavy (non-hydrogen) atoms. The Morgan fingerprint density at radius 2 is 2.07 bits per heavy atom. The topological polar surface area (TPSA) is 32.3 Å². The highest BCUT2D eigenvalue weighted by atomic mass is 32.2. The summed E-state index contributed by atoms with van der Waals surface area (Å²) in [6.45, 7) is 9.01. The number of nitrogens with one attached hydrogen (secondary N) is 1. The monoisotopic (exact) mass is 219 g/mol. The van der Waals surface area contributed by atoms with Crippen LogP contribution in [-0.4, -0.2) is 34.8 Å². The van der Waals surface area contributed by atoms with E-state index in [1.54, 1.807) is 0 Å². The summed E-state index contributed by atoms with van der Waals surface area (Å²) in [6.07, 6.45) is 2.03. The molecule has 0 aromatic heterocycles. The standard InChI is InChI=1S/C11H25NOS/c1-5-14-9-6-10(2)12-8-7-11(3,4)13/h10,12-13H,5-9H2,1-4H3. The van der Waals surface area contributed by atoms with Gasteiger partial charge in [-0.3, -0.25) is 0 Å². The molecular weight excluding hydrogens is 194 g/mol. The summed E-state index contributed by atoms with van der Waals surface area (Å²) >= 11 is 1.99. The maximum Gasteiger partial charge on any atom is 0.0603 e. The van der Waals surface area contributed by atoms with Gasteiger partial charge in [0.1, 0.15) is 0 Å². The van der Waals surface area contributed by atoms with Gasteiger partial charge in [-0.05, 0) is 51.7 Å². The van der Waals surface area contributed by atoms with Crippen molar-refractivity contribution in [3.63, 3.8) is 0 Å². The van der Waals surface area contributed by atoms with Crippen LogP contribution in [0.2, 0.25) is 0 Å². The number of hydrogen-bond acceptors (Lipinski definition) is 3. The van der Waals surface area contributed by atoms with Crippen LogP contribution in [0.4, 0.5) is 0 Å². The maximum absolute atomic E-state index is 9.50. The smallest absolute Gasteiger partial charge is 0.0603 e. The molecule has 0 saturated carbocycles. The summed E-state index contributed by atoms with van der Waals surface area (Å²) in [5.74, 6) is 2.43. The minimum Gasteiger partial charge on any atom is -0.390 e. The number of aliphatic hydroxyl groups is 1. The van der Waals surface area contributed by atoms with Gasteiger partial charge in [-0.15, -0.1) is 0 Å². The Kier molecular flexibility index (Phi) is 7.69. The molecule has 86 valence electrons. The number of rotatable bonds is 8. The van der Waals surface area contributed by atoms with Crippen LogP contribution in [0.3, 0.4) is 0 Å². The van der Waals surface area contributed by atoms with Gasteiger partial charge in [-0.1, -0.05) is 6.92 Å². The van der Waals surface area contributed by atoms with Crippen molar-refractivity contribution in [3.8, 4) is 0 Å². The van der Waals surface area contributed by atoms with Crippen molar-refractivity contribution in [2.75, 3.05) is 18.1 Å². The Balaban J connectivity index is 3.31. The van der Waals surface area contributed by atoms with Gasteiger partial charge in [-0.25, -0.2) is 0 Å². The van der Waals surface area contributed by atoms with Gasteiger partial charge in [-0.2, -0.15) is 11.8 Å². The van der Waals surface area contributed by atoms with Gasteiger partial charge in [0.2, 0.25) is 0 Å². The van der Waals surface area contributed by atoms with Crippen LogP contribution in [0, 0.1) is 0 Å². The second kappa shape index (κ2) is 7.55. The zero-order chi connectivity index (χ0) is 11.0. The first-order valence-corrected chi connectivity index (χ1v) is 6.64. The fraction of sp³-hybridized carbons (Fsp3) is 1.00. The van der Waals surface area contributed by atoms with Crippen molar-refractivity contribution < 1.29 is 5.11 Å². The summed E-state index contributed by atoms with van der Waals surface area (Å²) < 4.78 is 0. The van der Waals surface area contributed by atoms with Crippen LogP contribution < -0.4 is 5.32 Å². The highest BCUT2D eigenvalue weighted by Crippen LogP contribution is 2.07. The van der Waals surface area contributed by atoms with Crippen molar-refractivity contribution in [2.45, 2.75) is 52.2 Å². The van der Waals surface area contributed by atoms with Crippen molar-refractivity contribution in [2.24, 2.45) is 0 Å². The van der Waals surface area contributed by atoms with Gasteiger partial charge >= 0.3 is 0 Å². The quantitative estimate of drug-likeness (QED) is 0.614. The molecule has 0 bridgehead atoms. The Bertz CT molecular complexity index is 134. The molecule has 0 radical (unpaired) electrons. The lowest BCUT2D eigenvalue weighted by molar-refractivity contribution is 0.0705. The third kappa shape index (κ3) is 10.4. The first kappa shape index (κ1) is 14.3. The molecule has 3 heteroatoms. The van der Waals surface area contributed by atoms with Crippen molar-refractivity contribution >= 4 is 11.8 Å². The molecule has 0 amide bonds. The lowest BCUT2D eigenvalue weighted by Crippen LogP contribution is -2.32. The molecule has 2 nitrogen and oxygen atoms in total. The third-order valence-electron chi connectivity index (χ3n) is 2.13. The average Bonchev–Trinajstić information content (AvgIpc) is 2.02. The molecule has 1 atom stereocenters. The molecule has 0 saturated heterocycles. The Hall–Kier alpha value is 0.270. The van der Waals surface area contributed by atoms with Crippen LogP contribution in [0.25, 0.3) is 0 Å². The summed E-state index contributed by atoms with van der Waals surface area (Å²) in [7, 11) is 0. The van der Waals surface area contributed by atoms with Gasteiger partial charge in [0, 0.05) is 6.04 Å². The van der Waals surface area contributed by atoms with Crippen molar-refractivity contribution in [1.82, 2.24) is 5.32 Å². The zero-order valence-corrected chi connectivity index (χ0v) is 10.8. The van der Waals surface area contributed by atoms with E-state index in [9.17, 15) is 5.11 Å². The lowest BCUT2D eigenvalue weighted by atomic mass is 10.1. The molecule has 0 fully saturated rings. The summed E-state index contributed by atoms with van der Waals surface area (Å²) in [5.41, 5.74) is -0.537. The largest absolute Gasteiger partial charge is 0.390 e. The predicted molar refractivity (Wildman–Crippen MR) is 66.0 cm³/mol. The van der Waals surface area contributed by atoms with Crippen molar-refractivity contribution in [1.29, 1.82) is 0 Å². The number of hydrogen-bond donors (Lipinski definition) is 2. The molecule has 1 unspecified atom stereocenters. The summed E-state index contributed by atoms with van der Waals surface area (Å²) in [6, 6.07) is 0.566. The second-order valence-electron chi connectivity index (χ2n) is 4.40. The molecule has 0 aliphatic rings. The SMILES string of the molecule is CCSCCC(C)NCCC(C)(C)O. The molecule has 0 rings (SSSR count). The van der Waals surface area contributed by atoms with E-state index in [0.29, 0.717) is 6.04 Å². The van der Waals surface area contributed by atoms with E-state index in [4.69, 9.17) is 0 Å². The first-order chi connectivity index (χ1) is 6.45. The van der Waals surface area contributed by atoms with E-state index < -0.39 is 5.60 Å². The number of thioether (sulfide) groups is 1. The summed E-state index contributed by atoms with van der Waals surface area (Å²) in [4.78, 5) is 0. The van der Waals surface area contributed by atoms with Crippen molar-refractivity contribution in [3.05, 3.63) is 0 Å². The van der Waals surface area contributed by atoms with E-state index in [1.165, 1.54) is 17.9 Å².